The van der Waals surface area contributed by atoms with Crippen LogP contribution in [0.1, 0.15) is 11.1 Å². The van der Waals surface area contributed by atoms with Crippen LogP contribution in [0.5, 0.6) is 0 Å². The molecule has 0 nitrogen and oxygen atoms in total. The fourth-order valence-corrected chi connectivity index (χ4v) is 4.55. The van der Waals surface area contributed by atoms with Crippen LogP contribution in [0.25, 0.3) is 0 Å². The van der Waals surface area contributed by atoms with Crippen LogP contribution < -0.4 is 6.54 Å². The summed E-state index contributed by atoms with van der Waals surface area (Å²) < 4.78 is 3.19. The van der Waals surface area contributed by atoms with Crippen LogP contribution in [-0.4, -0.2) is 0 Å². The summed E-state index contributed by atoms with van der Waals surface area (Å²) in [5, 5.41) is 0. The van der Waals surface area contributed by atoms with Gasteiger partial charge in [0.15, 0.2) is 0 Å². The first kappa shape index (κ1) is 10.8. The normalized spacial score (nSPS) is 10.0. The molecule has 0 spiro atoms. The summed E-state index contributed by atoms with van der Waals surface area (Å²) in [4.78, 5) is 0. The van der Waals surface area contributed by atoms with E-state index in [1.54, 1.807) is 6.54 Å². The van der Waals surface area contributed by atoms with E-state index < -0.39 is 23.2 Å². The molecule has 0 aliphatic rings. The van der Waals surface area contributed by atoms with Crippen LogP contribution in [0.4, 0.5) is 0 Å². The molecule has 0 saturated carbocycles. The zero-order chi connectivity index (χ0) is 10.7. The van der Waals surface area contributed by atoms with Crippen molar-refractivity contribution in [2.75, 3.05) is 0 Å². The molecule has 0 saturated heterocycles. The molecule has 0 radical (unpaired) electrons. The van der Waals surface area contributed by atoms with E-state index in [1.165, 1.54) is 11.1 Å². The molecule has 1 heteroatoms. The Balaban J connectivity index is 2.30. The molecule has 0 aromatic heterocycles. The van der Waals surface area contributed by atoms with Crippen molar-refractivity contribution in [1.82, 2.24) is 0 Å². The predicted octanol–water partition coefficient (Wildman–Crippen LogP) is 2.34. The topological polar surface area (TPSA) is 0 Å². The monoisotopic (exact) mass is 272 g/mol. The maximum atomic E-state index is 2.29. The average Bonchev–Trinajstić information content (AvgIpc) is 2.24. The van der Waals surface area contributed by atoms with Crippen molar-refractivity contribution in [2.24, 2.45) is 0 Å². The molecule has 0 aliphatic carbocycles. The molecule has 0 atom stereocenters. The van der Waals surface area contributed by atoms with Gasteiger partial charge in [0, 0.05) is 0 Å². The third kappa shape index (κ3) is 2.66. The number of hydrogen-bond acceptors (Lipinski definition) is 0. The van der Waals surface area contributed by atoms with E-state index in [2.05, 4.69) is 62.4 Å². The van der Waals surface area contributed by atoms with Crippen molar-refractivity contribution in [2.45, 2.75) is 13.8 Å². The van der Waals surface area contributed by atoms with Gasteiger partial charge in [0.1, 0.15) is 0 Å². The van der Waals surface area contributed by atoms with E-state index in [4.69, 9.17) is 0 Å². The van der Waals surface area contributed by atoms with Crippen LogP contribution >= 0.6 is 0 Å². The molecule has 0 unspecified atom stereocenters. The molecule has 0 heterocycles. The second-order valence-electron chi connectivity index (χ2n) is 3.75. The molecule has 0 amide bonds. The first-order valence-corrected chi connectivity index (χ1v) is 7.61. The minimum atomic E-state index is -0.591. The van der Waals surface area contributed by atoms with Gasteiger partial charge < -0.3 is 0 Å². The molecule has 0 bridgehead atoms. The van der Waals surface area contributed by atoms with Crippen molar-refractivity contribution in [3.63, 3.8) is 0 Å². The van der Waals surface area contributed by atoms with Crippen LogP contribution in [-0.2, 0) is 23.2 Å². The fraction of sp³-hybridized carbons (Fsp3) is 0.143. The van der Waals surface area contributed by atoms with E-state index in [-0.39, 0.29) is 0 Å². The molecule has 74 valence electrons. The van der Waals surface area contributed by atoms with Crippen molar-refractivity contribution in [3.8, 4) is 0 Å². The van der Waals surface area contributed by atoms with E-state index in [0.29, 0.717) is 0 Å². The second-order valence-corrected chi connectivity index (χ2v) is 7.02. The van der Waals surface area contributed by atoms with Crippen LogP contribution in [0.2, 0.25) is 0 Å². The molecular formula is C14H14Zr. The minimum absolute atomic E-state index is 0.591. The Morgan fingerprint density at radius 2 is 1.07 bits per heavy atom. The quantitative estimate of drug-likeness (QED) is 0.788. The van der Waals surface area contributed by atoms with Gasteiger partial charge in [-0.25, -0.2) is 0 Å². The Bertz CT molecular complexity index is 417. The van der Waals surface area contributed by atoms with Gasteiger partial charge in [0.25, 0.3) is 0 Å². The number of aryl methyl sites for hydroxylation is 2. The van der Waals surface area contributed by atoms with E-state index in [0.717, 1.165) is 0 Å². The first-order valence-electron chi connectivity index (χ1n) is 5.15. The SMILES string of the molecule is Cc1cccc[c]1[Zr][c]1ccccc1C. The van der Waals surface area contributed by atoms with Crippen molar-refractivity contribution >= 4 is 6.54 Å². The van der Waals surface area contributed by atoms with Gasteiger partial charge in [0.05, 0.1) is 0 Å². The Morgan fingerprint density at radius 3 is 1.47 bits per heavy atom. The molecule has 0 fully saturated rings. The predicted molar refractivity (Wildman–Crippen MR) is 61.6 cm³/mol. The van der Waals surface area contributed by atoms with Gasteiger partial charge in [-0.15, -0.1) is 0 Å². The number of hydrogen-bond donors (Lipinski definition) is 0. The first-order chi connectivity index (χ1) is 7.27. The Labute approximate surface area is 103 Å². The standard InChI is InChI=1S/2C7H7.Zr/c2*1-7-5-3-2-4-6-7;/h2*2-5H,1H3;. The summed E-state index contributed by atoms with van der Waals surface area (Å²) in [6.45, 7) is 4.43. The molecule has 2 aromatic carbocycles. The number of benzene rings is 2. The summed E-state index contributed by atoms with van der Waals surface area (Å²) >= 11 is -0.591. The Hall–Kier alpha value is -0.677. The van der Waals surface area contributed by atoms with Gasteiger partial charge >= 0.3 is 103 Å². The Morgan fingerprint density at radius 1 is 0.667 bits per heavy atom. The van der Waals surface area contributed by atoms with Gasteiger partial charge in [-0.3, -0.25) is 0 Å². The van der Waals surface area contributed by atoms with E-state index in [9.17, 15) is 0 Å². The molecule has 0 N–H and O–H groups in total. The van der Waals surface area contributed by atoms with Crippen molar-refractivity contribution < 1.29 is 23.2 Å². The average molecular weight is 273 g/mol. The summed E-state index contributed by atoms with van der Waals surface area (Å²) in [6.07, 6.45) is 0. The van der Waals surface area contributed by atoms with Gasteiger partial charge in [-0.05, 0) is 0 Å². The van der Waals surface area contributed by atoms with E-state index in [1.807, 2.05) is 0 Å². The summed E-state index contributed by atoms with van der Waals surface area (Å²) in [5.74, 6) is 0. The fourth-order valence-electron chi connectivity index (χ4n) is 1.57. The van der Waals surface area contributed by atoms with Gasteiger partial charge in [-0.2, -0.15) is 0 Å². The van der Waals surface area contributed by atoms with Crippen LogP contribution in [0.3, 0.4) is 0 Å². The molecule has 0 aliphatic heterocycles. The molecular weight excluding hydrogens is 259 g/mol. The van der Waals surface area contributed by atoms with Crippen LogP contribution in [0.15, 0.2) is 48.5 Å². The Kier molecular flexibility index (Phi) is 3.54. The number of rotatable bonds is 2. The zero-order valence-corrected chi connectivity index (χ0v) is 11.6. The summed E-state index contributed by atoms with van der Waals surface area (Å²) in [5.41, 5.74) is 2.90. The molecule has 2 aromatic rings. The molecule has 15 heavy (non-hydrogen) atoms. The van der Waals surface area contributed by atoms with Crippen molar-refractivity contribution in [1.29, 1.82) is 0 Å². The summed E-state index contributed by atoms with van der Waals surface area (Å²) in [6, 6.07) is 17.6. The molecule has 2 rings (SSSR count). The summed E-state index contributed by atoms with van der Waals surface area (Å²) in [7, 11) is 0. The van der Waals surface area contributed by atoms with Crippen molar-refractivity contribution in [3.05, 3.63) is 59.7 Å². The van der Waals surface area contributed by atoms with Gasteiger partial charge in [-0.1, -0.05) is 0 Å². The van der Waals surface area contributed by atoms with Crippen LogP contribution in [0, 0.1) is 13.8 Å². The zero-order valence-electron chi connectivity index (χ0n) is 9.12. The third-order valence-electron chi connectivity index (χ3n) is 2.56. The second kappa shape index (κ2) is 4.90. The van der Waals surface area contributed by atoms with Gasteiger partial charge in [0.2, 0.25) is 0 Å². The third-order valence-corrected chi connectivity index (χ3v) is 6.64. The van der Waals surface area contributed by atoms with E-state index >= 15 is 0 Å². The maximum absolute atomic E-state index is 2.29.